The summed E-state index contributed by atoms with van der Waals surface area (Å²) in [6.07, 6.45) is 1.05. The molecule has 1 unspecified atom stereocenters. The molecule has 0 amide bonds. The first-order valence-corrected chi connectivity index (χ1v) is 7.70. The average Bonchev–Trinajstić information content (AvgIpc) is 2.37. The van der Waals surface area contributed by atoms with E-state index in [1.54, 1.807) is 0 Å². The first-order chi connectivity index (χ1) is 9.56. The van der Waals surface area contributed by atoms with Crippen molar-refractivity contribution in [2.24, 2.45) is 5.92 Å². The fourth-order valence-corrected chi connectivity index (χ4v) is 2.96. The van der Waals surface area contributed by atoms with Crippen LogP contribution in [0, 0.1) is 12.8 Å². The Hall–Kier alpha value is -1.12. The van der Waals surface area contributed by atoms with Gasteiger partial charge in [-0.2, -0.15) is 0 Å². The monoisotopic (exact) mass is 290 g/mol. The molecule has 1 atom stereocenters. The van der Waals surface area contributed by atoms with Crippen LogP contribution in [0.2, 0.25) is 0 Å². The Labute approximate surface area is 126 Å². The average molecular weight is 291 g/mol. The second-order valence-corrected chi connectivity index (χ2v) is 6.41. The highest BCUT2D eigenvalue weighted by Gasteiger charge is 2.08. The molecular weight excluding hydrogens is 268 g/mol. The van der Waals surface area contributed by atoms with E-state index in [9.17, 15) is 0 Å². The summed E-state index contributed by atoms with van der Waals surface area (Å²) in [7, 11) is 0. The third kappa shape index (κ3) is 4.19. The van der Waals surface area contributed by atoms with Crippen molar-refractivity contribution in [3.05, 3.63) is 41.6 Å². The minimum atomic E-state index is 0.198. The first kappa shape index (κ1) is 15.3. The van der Waals surface area contributed by atoms with Crippen LogP contribution in [0.15, 0.2) is 30.3 Å². The topological polar surface area (TPSA) is 24.9 Å². The van der Waals surface area contributed by atoms with Gasteiger partial charge in [0.05, 0.1) is 5.52 Å². The number of hydrogen-bond acceptors (Lipinski definition) is 2. The lowest BCUT2D eigenvalue weighted by molar-refractivity contribution is 0.534. The number of nitrogens with one attached hydrogen (secondary N) is 1. The summed E-state index contributed by atoms with van der Waals surface area (Å²) in [5, 5.41) is 4.89. The molecule has 0 aliphatic carbocycles. The predicted octanol–water partition coefficient (Wildman–Crippen LogP) is 4.29. The highest BCUT2D eigenvalue weighted by atomic mass is 35.5. The molecule has 1 heterocycles. The lowest BCUT2D eigenvalue weighted by Crippen LogP contribution is -2.24. The van der Waals surface area contributed by atoms with Gasteiger partial charge in [0.2, 0.25) is 0 Å². The highest BCUT2D eigenvalue weighted by molar-refractivity contribution is 6.20. The van der Waals surface area contributed by atoms with Crippen molar-refractivity contribution >= 4 is 22.5 Å². The Kier molecular flexibility index (Phi) is 5.38. The Morgan fingerprint density at radius 3 is 2.75 bits per heavy atom. The molecule has 0 bridgehead atoms. The van der Waals surface area contributed by atoms with Gasteiger partial charge in [0.1, 0.15) is 0 Å². The normalized spacial score (nSPS) is 13.1. The van der Waals surface area contributed by atoms with Gasteiger partial charge in [0.15, 0.2) is 0 Å². The van der Waals surface area contributed by atoms with Gasteiger partial charge in [-0.25, -0.2) is 0 Å². The van der Waals surface area contributed by atoms with Crippen molar-refractivity contribution in [1.82, 2.24) is 10.3 Å². The number of benzene rings is 1. The summed E-state index contributed by atoms with van der Waals surface area (Å²) < 4.78 is 0. The van der Waals surface area contributed by atoms with Gasteiger partial charge in [-0.05, 0) is 37.0 Å². The van der Waals surface area contributed by atoms with Crippen molar-refractivity contribution in [1.29, 1.82) is 0 Å². The third-order valence-corrected chi connectivity index (χ3v) is 3.67. The summed E-state index contributed by atoms with van der Waals surface area (Å²) in [4.78, 5) is 4.57. The summed E-state index contributed by atoms with van der Waals surface area (Å²) in [5.41, 5.74) is 3.42. The quantitative estimate of drug-likeness (QED) is 0.803. The van der Waals surface area contributed by atoms with Crippen molar-refractivity contribution in [3.63, 3.8) is 0 Å². The molecule has 0 aliphatic heterocycles. The summed E-state index contributed by atoms with van der Waals surface area (Å²) in [6.45, 7) is 8.13. The Bertz CT molecular complexity index is 566. The molecule has 1 aromatic heterocycles. The molecule has 2 rings (SSSR count). The molecule has 20 heavy (non-hydrogen) atoms. The van der Waals surface area contributed by atoms with E-state index in [0.717, 1.165) is 30.7 Å². The van der Waals surface area contributed by atoms with Crippen LogP contribution in [0.5, 0.6) is 0 Å². The molecule has 1 aromatic carbocycles. The van der Waals surface area contributed by atoms with E-state index >= 15 is 0 Å². The minimum Gasteiger partial charge on any atom is -0.311 e. The van der Waals surface area contributed by atoms with Crippen molar-refractivity contribution in [2.75, 3.05) is 6.54 Å². The second-order valence-electron chi connectivity index (χ2n) is 5.80. The van der Waals surface area contributed by atoms with Gasteiger partial charge in [0.25, 0.3) is 0 Å². The number of halogens is 1. The predicted molar refractivity (Wildman–Crippen MR) is 87.3 cm³/mol. The van der Waals surface area contributed by atoms with Crippen molar-refractivity contribution in [3.8, 4) is 0 Å². The SMILES string of the molecule is Cc1cc(CNCC(Cl)CC(C)C)c2ccccc2n1. The molecule has 0 spiro atoms. The van der Waals surface area contributed by atoms with Gasteiger partial charge in [-0.1, -0.05) is 32.0 Å². The van der Waals surface area contributed by atoms with Crippen LogP contribution in [0.1, 0.15) is 31.5 Å². The molecule has 0 fully saturated rings. The Balaban J connectivity index is 2.03. The number of aryl methyl sites for hydroxylation is 1. The molecule has 0 saturated carbocycles. The largest absolute Gasteiger partial charge is 0.311 e. The van der Waals surface area contributed by atoms with E-state index in [4.69, 9.17) is 11.6 Å². The fraction of sp³-hybridized carbons (Fsp3) is 0.471. The summed E-state index contributed by atoms with van der Waals surface area (Å²) >= 11 is 6.32. The molecule has 1 N–H and O–H groups in total. The van der Waals surface area contributed by atoms with Crippen LogP contribution >= 0.6 is 11.6 Å². The fourth-order valence-electron chi connectivity index (χ4n) is 2.50. The van der Waals surface area contributed by atoms with Gasteiger partial charge >= 0.3 is 0 Å². The second kappa shape index (κ2) is 7.05. The number of fused-ring (bicyclic) bond motifs is 1. The minimum absolute atomic E-state index is 0.198. The van der Waals surface area contributed by atoms with Crippen LogP contribution in [0.4, 0.5) is 0 Å². The molecule has 108 valence electrons. The van der Waals surface area contributed by atoms with Gasteiger partial charge in [0, 0.05) is 29.5 Å². The van der Waals surface area contributed by atoms with Crippen molar-refractivity contribution in [2.45, 2.75) is 39.1 Å². The lowest BCUT2D eigenvalue weighted by Gasteiger charge is -2.14. The maximum absolute atomic E-state index is 6.32. The molecule has 3 heteroatoms. The molecular formula is C17H23ClN2. The summed E-state index contributed by atoms with van der Waals surface area (Å²) in [5.74, 6) is 0.642. The van der Waals surface area contributed by atoms with E-state index in [1.807, 2.05) is 13.0 Å². The maximum atomic E-state index is 6.32. The van der Waals surface area contributed by atoms with Gasteiger partial charge < -0.3 is 5.32 Å². The Morgan fingerprint density at radius 1 is 1.25 bits per heavy atom. The van der Waals surface area contributed by atoms with Crippen LogP contribution in [0.25, 0.3) is 10.9 Å². The van der Waals surface area contributed by atoms with E-state index in [2.05, 4.69) is 48.4 Å². The number of alkyl halides is 1. The van der Waals surface area contributed by atoms with E-state index < -0.39 is 0 Å². The van der Waals surface area contributed by atoms with E-state index in [1.165, 1.54) is 10.9 Å². The zero-order valence-corrected chi connectivity index (χ0v) is 13.2. The molecule has 0 saturated heterocycles. The van der Waals surface area contributed by atoms with Gasteiger partial charge in [-0.3, -0.25) is 4.98 Å². The van der Waals surface area contributed by atoms with Crippen LogP contribution in [-0.4, -0.2) is 16.9 Å². The Morgan fingerprint density at radius 2 is 2.00 bits per heavy atom. The van der Waals surface area contributed by atoms with Gasteiger partial charge in [-0.15, -0.1) is 11.6 Å². The number of nitrogens with zero attached hydrogens (tertiary/aromatic N) is 1. The number of hydrogen-bond donors (Lipinski definition) is 1. The van der Waals surface area contributed by atoms with Crippen molar-refractivity contribution < 1.29 is 0 Å². The number of rotatable bonds is 6. The van der Waals surface area contributed by atoms with E-state index in [-0.39, 0.29) is 5.38 Å². The zero-order valence-electron chi connectivity index (χ0n) is 12.5. The number of para-hydroxylation sites is 1. The third-order valence-electron chi connectivity index (χ3n) is 3.34. The highest BCUT2D eigenvalue weighted by Crippen LogP contribution is 2.18. The summed E-state index contributed by atoms with van der Waals surface area (Å²) in [6, 6.07) is 10.4. The van der Waals surface area contributed by atoms with Crippen LogP contribution < -0.4 is 5.32 Å². The van der Waals surface area contributed by atoms with Crippen LogP contribution in [0.3, 0.4) is 0 Å². The first-order valence-electron chi connectivity index (χ1n) is 7.26. The van der Waals surface area contributed by atoms with E-state index in [0.29, 0.717) is 5.92 Å². The molecule has 0 aliphatic rings. The number of aromatic nitrogens is 1. The molecule has 2 aromatic rings. The smallest absolute Gasteiger partial charge is 0.0708 e. The molecule has 2 nitrogen and oxygen atoms in total. The van der Waals surface area contributed by atoms with Crippen LogP contribution in [-0.2, 0) is 6.54 Å². The lowest BCUT2D eigenvalue weighted by atomic mass is 10.1. The molecule has 0 radical (unpaired) electrons. The number of pyridine rings is 1. The maximum Gasteiger partial charge on any atom is 0.0708 e. The standard InChI is InChI=1S/C17H23ClN2/c1-12(2)8-15(18)11-19-10-14-9-13(3)20-17-7-5-4-6-16(14)17/h4-7,9,12,15,19H,8,10-11H2,1-3H3. The zero-order chi connectivity index (χ0) is 14.5.